The van der Waals surface area contributed by atoms with E-state index in [1.807, 2.05) is 30.3 Å². The maximum absolute atomic E-state index is 11.3. The highest BCUT2D eigenvalue weighted by Gasteiger charge is 1.97. The first kappa shape index (κ1) is 12.2. The summed E-state index contributed by atoms with van der Waals surface area (Å²) >= 11 is 0. The molecule has 2 N–H and O–H groups in total. The number of hydrogen-bond donors (Lipinski definition) is 2. The van der Waals surface area contributed by atoms with Gasteiger partial charge in [0.25, 0.3) is 0 Å². The summed E-state index contributed by atoms with van der Waals surface area (Å²) in [5.41, 5.74) is 3.16. The van der Waals surface area contributed by atoms with Crippen LogP contribution >= 0.6 is 0 Å². The second kappa shape index (κ2) is 6.61. The number of hydrazone groups is 1. The van der Waals surface area contributed by atoms with Gasteiger partial charge in [-0.25, -0.2) is 10.2 Å². The summed E-state index contributed by atoms with van der Waals surface area (Å²) in [6, 6.07) is 8.92. The Morgan fingerprint density at radius 1 is 1.38 bits per heavy atom. The fourth-order valence-corrected chi connectivity index (χ4v) is 1.05. The van der Waals surface area contributed by atoms with Crippen LogP contribution in [0.2, 0.25) is 0 Å². The molecule has 0 aliphatic rings. The third-order valence-corrected chi connectivity index (χ3v) is 1.87. The van der Waals surface area contributed by atoms with Crippen LogP contribution in [0.15, 0.2) is 35.4 Å². The molecule has 4 heteroatoms. The van der Waals surface area contributed by atoms with E-state index < -0.39 is 0 Å². The summed E-state index contributed by atoms with van der Waals surface area (Å²) < 4.78 is 0. The van der Waals surface area contributed by atoms with Gasteiger partial charge in [0.15, 0.2) is 0 Å². The normalized spacial score (nSPS) is 10.7. The lowest BCUT2D eigenvalue weighted by atomic mass is 10.2. The summed E-state index contributed by atoms with van der Waals surface area (Å²) in [4.78, 5) is 11.3. The highest BCUT2D eigenvalue weighted by Crippen LogP contribution is 2.03. The zero-order valence-corrected chi connectivity index (χ0v) is 9.60. The minimum Gasteiger partial charge on any atom is -0.307 e. The van der Waals surface area contributed by atoms with Crippen LogP contribution in [0.4, 0.5) is 10.5 Å². The van der Waals surface area contributed by atoms with E-state index in [0.717, 1.165) is 12.1 Å². The van der Waals surface area contributed by atoms with E-state index in [4.69, 9.17) is 0 Å². The molecule has 0 atom stereocenters. The number of para-hydroxylation sites is 1. The first-order chi connectivity index (χ1) is 7.68. The van der Waals surface area contributed by atoms with Crippen LogP contribution in [0.1, 0.15) is 20.3 Å². The molecule has 0 aromatic heterocycles. The summed E-state index contributed by atoms with van der Waals surface area (Å²) in [7, 11) is 0. The average molecular weight is 219 g/mol. The van der Waals surface area contributed by atoms with Crippen molar-refractivity contribution in [1.82, 2.24) is 5.43 Å². The third-order valence-electron chi connectivity index (χ3n) is 1.87. The van der Waals surface area contributed by atoms with Crippen LogP contribution in [0.3, 0.4) is 0 Å². The van der Waals surface area contributed by atoms with E-state index in [-0.39, 0.29) is 6.03 Å². The predicted molar refractivity (Wildman–Crippen MR) is 66.5 cm³/mol. The quantitative estimate of drug-likeness (QED) is 0.593. The molecule has 0 heterocycles. The van der Waals surface area contributed by atoms with Crippen molar-refractivity contribution < 1.29 is 4.79 Å². The number of nitrogens with zero attached hydrogens (tertiary/aromatic N) is 1. The van der Waals surface area contributed by atoms with Gasteiger partial charge >= 0.3 is 6.03 Å². The summed E-state index contributed by atoms with van der Waals surface area (Å²) in [5, 5.41) is 6.49. The summed E-state index contributed by atoms with van der Waals surface area (Å²) in [6.07, 6.45) is 2.56. The van der Waals surface area contributed by atoms with Crippen LogP contribution in [0.5, 0.6) is 0 Å². The zero-order valence-electron chi connectivity index (χ0n) is 9.60. The Bertz CT molecular complexity index is 347. The molecule has 86 valence electrons. The number of benzene rings is 1. The minimum absolute atomic E-state index is 0.328. The monoisotopic (exact) mass is 219 g/mol. The SMILES string of the molecule is CC(C)C/C=N\NC(=O)Nc1ccccc1. The van der Waals surface area contributed by atoms with Crippen molar-refractivity contribution in [2.45, 2.75) is 20.3 Å². The van der Waals surface area contributed by atoms with E-state index in [1.54, 1.807) is 6.21 Å². The van der Waals surface area contributed by atoms with Crippen LogP contribution < -0.4 is 10.7 Å². The van der Waals surface area contributed by atoms with Gasteiger partial charge in [0.05, 0.1) is 0 Å². The smallest absolute Gasteiger partial charge is 0.307 e. The third kappa shape index (κ3) is 5.14. The van der Waals surface area contributed by atoms with Crippen LogP contribution in [0.25, 0.3) is 0 Å². The molecule has 2 amide bonds. The predicted octanol–water partition coefficient (Wildman–Crippen LogP) is 2.84. The van der Waals surface area contributed by atoms with E-state index in [9.17, 15) is 4.79 Å². The molecule has 1 aromatic carbocycles. The van der Waals surface area contributed by atoms with Crippen molar-refractivity contribution in [3.8, 4) is 0 Å². The van der Waals surface area contributed by atoms with Gasteiger partial charge in [0.1, 0.15) is 0 Å². The zero-order chi connectivity index (χ0) is 11.8. The van der Waals surface area contributed by atoms with Gasteiger partial charge in [0, 0.05) is 11.9 Å². The molecule has 0 saturated carbocycles. The lowest BCUT2D eigenvalue weighted by Crippen LogP contribution is -2.24. The number of amides is 2. The van der Waals surface area contributed by atoms with Gasteiger partial charge in [-0.3, -0.25) is 0 Å². The molecule has 0 radical (unpaired) electrons. The van der Waals surface area contributed by atoms with Crippen LogP contribution in [0, 0.1) is 5.92 Å². The van der Waals surface area contributed by atoms with Gasteiger partial charge in [-0.15, -0.1) is 0 Å². The molecular weight excluding hydrogens is 202 g/mol. The van der Waals surface area contributed by atoms with Crippen molar-refractivity contribution >= 4 is 17.9 Å². The molecule has 0 unspecified atom stereocenters. The fourth-order valence-electron chi connectivity index (χ4n) is 1.05. The highest BCUT2D eigenvalue weighted by atomic mass is 16.2. The van der Waals surface area contributed by atoms with Crippen LogP contribution in [-0.2, 0) is 0 Å². The fraction of sp³-hybridized carbons (Fsp3) is 0.333. The molecule has 1 aromatic rings. The number of rotatable bonds is 4. The van der Waals surface area contributed by atoms with E-state index in [1.165, 1.54) is 0 Å². The molecule has 0 saturated heterocycles. The molecule has 0 aliphatic carbocycles. The molecule has 0 bridgehead atoms. The Morgan fingerprint density at radius 2 is 2.06 bits per heavy atom. The van der Waals surface area contributed by atoms with E-state index >= 15 is 0 Å². The maximum Gasteiger partial charge on any atom is 0.339 e. The lowest BCUT2D eigenvalue weighted by Gasteiger charge is -2.03. The first-order valence-electron chi connectivity index (χ1n) is 5.32. The number of hydrogen-bond acceptors (Lipinski definition) is 2. The van der Waals surface area contributed by atoms with Crippen molar-refractivity contribution in [3.63, 3.8) is 0 Å². The van der Waals surface area contributed by atoms with Crippen molar-refractivity contribution in [3.05, 3.63) is 30.3 Å². The molecule has 0 fully saturated rings. The highest BCUT2D eigenvalue weighted by molar-refractivity contribution is 5.89. The standard InChI is InChI=1S/C12H17N3O/c1-10(2)8-9-13-15-12(16)14-11-6-4-3-5-7-11/h3-7,9-10H,8H2,1-2H3,(H2,14,15,16)/b13-9-. The molecule has 16 heavy (non-hydrogen) atoms. The van der Waals surface area contributed by atoms with Crippen molar-refractivity contribution in [1.29, 1.82) is 0 Å². The van der Waals surface area contributed by atoms with Crippen LogP contribution in [-0.4, -0.2) is 12.2 Å². The molecular formula is C12H17N3O. The molecule has 1 rings (SSSR count). The molecule has 0 spiro atoms. The Labute approximate surface area is 95.7 Å². The Balaban J connectivity index is 2.29. The van der Waals surface area contributed by atoms with Gasteiger partial charge in [-0.05, 0) is 24.5 Å². The summed E-state index contributed by atoms with van der Waals surface area (Å²) in [5.74, 6) is 0.544. The van der Waals surface area contributed by atoms with Crippen molar-refractivity contribution in [2.24, 2.45) is 11.0 Å². The Morgan fingerprint density at radius 3 is 2.69 bits per heavy atom. The number of urea groups is 1. The maximum atomic E-state index is 11.3. The topological polar surface area (TPSA) is 53.5 Å². The number of carbonyl (C=O) groups is 1. The number of nitrogens with one attached hydrogen (secondary N) is 2. The Kier molecular flexibility index (Phi) is 5.05. The van der Waals surface area contributed by atoms with E-state index in [0.29, 0.717) is 5.92 Å². The van der Waals surface area contributed by atoms with E-state index in [2.05, 4.69) is 29.7 Å². The second-order valence-corrected chi connectivity index (χ2v) is 3.87. The molecule has 0 aliphatic heterocycles. The molecule has 4 nitrogen and oxygen atoms in total. The lowest BCUT2D eigenvalue weighted by molar-refractivity contribution is 0.252. The number of carbonyl (C=O) groups excluding carboxylic acids is 1. The largest absolute Gasteiger partial charge is 0.339 e. The van der Waals surface area contributed by atoms with Crippen molar-refractivity contribution in [2.75, 3.05) is 5.32 Å². The van der Waals surface area contributed by atoms with Gasteiger partial charge in [-0.2, -0.15) is 5.10 Å². The van der Waals surface area contributed by atoms with Gasteiger partial charge in [-0.1, -0.05) is 32.0 Å². The van der Waals surface area contributed by atoms with Gasteiger partial charge < -0.3 is 5.32 Å². The Hall–Kier alpha value is -1.84. The van der Waals surface area contributed by atoms with Gasteiger partial charge in [0.2, 0.25) is 0 Å². The number of anilines is 1. The summed E-state index contributed by atoms with van der Waals surface area (Å²) in [6.45, 7) is 4.19. The first-order valence-corrected chi connectivity index (χ1v) is 5.32. The second-order valence-electron chi connectivity index (χ2n) is 3.87. The minimum atomic E-state index is -0.328. The average Bonchev–Trinajstić information content (AvgIpc) is 2.25.